The zero-order valence-corrected chi connectivity index (χ0v) is 16.6. The Morgan fingerprint density at radius 1 is 0.958 bits per heavy atom. The summed E-state index contributed by atoms with van der Waals surface area (Å²) in [7, 11) is 0.665. The first kappa shape index (κ1) is 22.4. The highest BCUT2D eigenvalue weighted by molar-refractivity contribution is 6.86. The van der Waals surface area contributed by atoms with E-state index in [1.165, 1.54) is 21.1 Å². The van der Waals surface area contributed by atoms with Crippen LogP contribution in [0.3, 0.4) is 0 Å². The fourth-order valence-electron chi connectivity index (χ4n) is 2.97. The Labute approximate surface area is 145 Å². The van der Waals surface area contributed by atoms with Crippen molar-refractivity contribution in [2.24, 2.45) is 5.92 Å². The first-order valence-corrected chi connectivity index (χ1v) is 10.9. The van der Waals surface area contributed by atoms with Crippen LogP contribution >= 0.6 is 0 Å². The molecular weight excluding hydrogens is 328 g/mol. The molecule has 0 aromatic rings. The van der Waals surface area contributed by atoms with Gasteiger partial charge in [0, 0.05) is 6.92 Å². The summed E-state index contributed by atoms with van der Waals surface area (Å²) in [5.74, 6) is -2.56. The Balaban J connectivity index is 5.69. The number of ether oxygens (including phenoxy) is 3. The Morgan fingerprint density at radius 2 is 1.42 bits per heavy atom. The lowest BCUT2D eigenvalue weighted by Crippen LogP contribution is -2.38. The highest BCUT2D eigenvalue weighted by Crippen LogP contribution is 2.33. The van der Waals surface area contributed by atoms with E-state index in [2.05, 4.69) is 20.8 Å². The van der Waals surface area contributed by atoms with E-state index in [1.54, 1.807) is 0 Å². The number of hydrogen-bond donors (Lipinski definition) is 0. The summed E-state index contributed by atoms with van der Waals surface area (Å²) in [5.41, 5.74) is 0. The maximum Gasteiger partial charge on any atom is 0.320 e. The number of rotatable bonds is 10. The molecule has 0 rings (SSSR count). The molecule has 0 unspecified atom stereocenters. The van der Waals surface area contributed by atoms with Crippen LogP contribution in [0, 0.1) is 5.92 Å². The maximum absolute atomic E-state index is 12.0. The molecule has 0 heterocycles. The van der Waals surface area contributed by atoms with Crippen LogP contribution in [0.1, 0.15) is 34.1 Å². The molecule has 0 spiro atoms. The van der Waals surface area contributed by atoms with E-state index in [4.69, 9.17) is 14.2 Å². The highest BCUT2D eigenvalue weighted by atomic mass is 28.3. The lowest BCUT2D eigenvalue weighted by molar-refractivity contribution is -0.158. The number of hydrogen-bond acceptors (Lipinski definition) is 6. The van der Waals surface area contributed by atoms with Gasteiger partial charge in [0.05, 0.1) is 22.3 Å². The molecule has 0 aromatic heterocycles. The normalized spacial score (nSPS) is 12.0. The van der Waals surface area contributed by atoms with Crippen molar-refractivity contribution in [3.63, 3.8) is 0 Å². The molecule has 0 atom stereocenters. The molecular formula is C17H30O6Si. The van der Waals surface area contributed by atoms with Gasteiger partial charge in [-0.05, 0) is 6.42 Å². The quantitative estimate of drug-likeness (QED) is 0.259. The van der Waals surface area contributed by atoms with Gasteiger partial charge in [-0.2, -0.15) is 0 Å². The fraction of sp³-hybridized carbons (Fsp3) is 0.706. The predicted octanol–water partition coefficient (Wildman–Crippen LogP) is 2.88. The summed E-state index contributed by atoms with van der Waals surface area (Å²) in [6.45, 7) is 7.89. The maximum atomic E-state index is 12.0. The summed E-state index contributed by atoms with van der Waals surface area (Å²) in [6, 6.07) is 2.96. The predicted molar refractivity (Wildman–Crippen MR) is 94.1 cm³/mol. The molecule has 0 bridgehead atoms. The number of allylic oxidation sites excluding steroid dienone is 1. The zero-order valence-electron chi connectivity index (χ0n) is 15.6. The molecule has 0 aromatic carbocycles. The molecule has 0 amide bonds. The van der Waals surface area contributed by atoms with E-state index in [-0.39, 0.29) is 19.0 Å². The second-order valence-electron chi connectivity index (χ2n) is 5.68. The van der Waals surface area contributed by atoms with Crippen molar-refractivity contribution in [2.75, 3.05) is 20.8 Å². The van der Waals surface area contributed by atoms with Gasteiger partial charge in [-0.25, -0.2) is 0 Å². The molecule has 0 aliphatic heterocycles. The summed E-state index contributed by atoms with van der Waals surface area (Å²) in [5, 5.41) is 1.05. The van der Waals surface area contributed by atoms with Crippen molar-refractivity contribution in [1.29, 1.82) is 0 Å². The number of carbonyl (C=O) groups is 3. The van der Waals surface area contributed by atoms with Gasteiger partial charge in [-0.1, -0.05) is 50.2 Å². The smallest absolute Gasteiger partial charge is 0.320 e. The van der Waals surface area contributed by atoms with Crippen LogP contribution in [-0.2, 0) is 28.6 Å². The summed E-state index contributed by atoms with van der Waals surface area (Å²) in [6.07, 6.45) is 2.12. The van der Waals surface area contributed by atoms with Crippen molar-refractivity contribution in [3.05, 3.63) is 11.3 Å². The fourth-order valence-corrected chi connectivity index (χ4v) is 6.99. The van der Waals surface area contributed by atoms with Gasteiger partial charge in [-0.15, -0.1) is 0 Å². The van der Waals surface area contributed by atoms with E-state index >= 15 is 0 Å². The first-order chi connectivity index (χ1) is 11.3. The van der Waals surface area contributed by atoms with Crippen molar-refractivity contribution < 1.29 is 28.6 Å². The van der Waals surface area contributed by atoms with E-state index in [1.807, 2.05) is 6.08 Å². The minimum Gasteiger partial charge on any atom is -0.468 e. The topological polar surface area (TPSA) is 78.9 Å². The summed E-state index contributed by atoms with van der Waals surface area (Å²) >= 11 is 0. The van der Waals surface area contributed by atoms with Crippen molar-refractivity contribution in [2.45, 2.75) is 52.2 Å². The van der Waals surface area contributed by atoms with Crippen LogP contribution in [0.4, 0.5) is 0 Å². The SMILES string of the molecule is CC[Si](CC)(CC)/C(=C\COC(C)=O)CC(C(=O)OC)C(=O)OC. The number of esters is 3. The Bertz CT molecular complexity index is 443. The third-order valence-electron chi connectivity index (χ3n) is 4.72. The van der Waals surface area contributed by atoms with Crippen LogP contribution < -0.4 is 0 Å². The molecule has 0 saturated heterocycles. The van der Waals surface area contributed by atoms with Gasteiger partial charge >= 0.3 is 17.9 Å². The van der Waals surface area contributed by atoms with Gasteiger partial charge in [0.15, 0.2) is 5.92 Å². The molecule has 24 heavy (non-hydrogen) atoms. The van der Waals surface area contributed by atoms with Crippen LogP contribution in [0.5, 0.6) is 0 Å². The largest absolute Gasteiger partial charge is 0.468 e. The van der Waals surface area contributed by atoms with Crippen LogP contribution in [-0.4, -0.2) is 46.8 Å². The first-order valence-electron chi connectivity index (χ1n) is 8.30. The van der Waals surface area contributed by atoms with Gasteiger partial charge < -0.3 is 14.2 Å². The summed E-state index contributed by atoms with van der Waals surface area (Å²) in [4.78, 5) is 35.0. The molecule has 138 valence electrons. The van der Waals surface area contributed by atoms with Gasteiger partial charge in [0.25, 0.3) is 0 Å². The average Bonchev–Trinajstić information content (AvgIpc) is 2.59. The van der Waals surface area contributed by atoms with Crippen LogP contribution in [0.2, 0.25) is 18.1 Å². The molecule has 6 nitrogen and oxygen atoms in total. The number of methoxy groups -OCH3 is 2. The average molecular weight is 359 g/mol. The second kappa shape index (κ2) is 11.0. The van der Waals surface area contributed by atoms with Crippen molar-refractivity contribution in [1.82, 2.24) is 0 Å². The minimum absolute atomic E-state index is 0.147. The molecule has 7 heteroatoms. The van der Waals surface area contributed by atoms with E-state index in [0.717, 1.165) is 23.3 Å². The monoisotopic (exact) mass is 358 g/mol. The van der Waals surface area contributed by atoms with Crippen LogP contribution in [0.25, 0.3) is 0 Å². The second-order valence-corrected chi connectivity index (χ2v) is 11.0. The van der Waals surface area contributed by atoms with Gasteiger partial charge in [0.2, 0.25) is 0 Å². The molecule has 0 aliphatic rings. The molecule has 0 aliphatic carbocycles. The van der Waals surface area contributed by atoms with Crippen LogP contribution in [0.15, 0.2) is 11.3 Å². The zero-order chi connectivity index (χ0) is 18.8. The van der Waals surface area contributed by atoms with Crippen molar-refractivity contribution in [3.8, 4) is 0 Å². The molecule has 0 N–H and O–H groups in total. The van der Waals surface area contributed by atoms with Gasteiger partial charge in [0.1, 0.15) is 6.61 Å². The van der Waals surface area contributed by atoms with E-state index in [0.29, 0.717) is 0 Å². The molecule has 0 fully saturated rings. The lowest BCUT2D eigenvalue weighted by Gasteiger charge is -2.32. The lowest BCUT2D eigenvalue weighted by atomic mass is 10.1. The Hall–Kier alpha value is -1.63. The minimum atomic E-state index is -1.84. The van der Waals surface area contributed by atoms with E-state index in [9.17, 15) is 14.4 Å². The highest BCUT2D eigenvalue weighted by Gasteiger charge is 2.37. The summed E-state index contributed by atoms with van der Waals surface area (Å²) < 4.78 is 14.5. The third-order valence-corrected chi connectivity index (χ3v) is 10.6. The molecule has 0 radical (unpaired) electrons. The third kappa shape index (κ3) is 6.11. The Morgan fingerprint density at radius 3 is 1.75 bits per heavy atom. The number of carbonyl (C=O) groups excluding carboxylic acids is 3. The van der Waals surface area contributed by atoms with Crippen molar-refractivity contribution >= 4 is 26.0 Å². The van der Waals surface area contributed by atoms with E-state index < -0.39 is 25.9 Å². The Kier molecular flexibility index (Phi) is 10.3. The standard InChI is InChI=1S/C17H30O6Si/c1-7-24(8-2,9-3)14(10-11-23-13(4)18)12-15(16(19)21-5)17(20)22-6/h10,15H,7-9,11-12H2,1-6H3/b14-10-. The molecule has 0 saturated carbocycles. The van der Waals surface area contributed by atoms with Gasteiger partial charge in [-0.3, -0.25) is 14.4 Å².